The molecule has 2 aromatic carbocycles. The SMILES string of the molecule is CCOC(=O)c1cc(N(C)C)cc2sc(C[C@H](OC3CCCC3)[C@H](O[Si](C)(C)C(C)(C)C)c3cc(OC)c(C)c(OC)c3)nc12. The van der Waals surface area contributed by atoms with E-state index in [0.29, 0.717) is 24.1 Å². The summed E-state index contributed by atoms with van der Waals surface area (Å²) >= 11 is 1.60. The first-order chi connectivity index (χ1) is 21.2. The predicted molar refractivity (Wildman–Crippen MR) is 186 cm³/mol. The first-order valence-corrected chi connectivity index (χ1v) is 19.7. The van der Waals surface area contributed by atoms with Crippen molar-refractivity contribution in [3.63, 3.8) is 0 Å². The smallest absolute Gasteiger partial charge is 0.340 e. The molecule has 0 radical (unpaired) electrons. The molecular formula is C35H52N2O6SSi. The number of carbonyl (C=O) groups excluding carboxylic acids is 1. The minimum Gasteiger partial charge on any atom is -0.496 e. The number of hydrogen-bond acceptors (Lipinski definition) is 9. The Labute approximate surface area is 274 Å². The molecule has 2 atom stereocenters. The van der Waals surface area contributed by atoms with Gasteiger partial charge in [0.1, 0.15) is 11.5 Å². The lowest BCUT2D eigenvalue weighted by molar-refractivity contribution is -0.0704. The maximum atomic E-state index is 13.0. The van der Waals surface area contributed by atoms with Crippen LogP contribution in [0.15, 0.2) is 24.3 Å². The Kier molecular flexibility index (Phi) is 11.3. The van der Waals surface area contributed by atoms with Gasteiger partial charge in [-0.2, -0.15) is 0 Å². The molecule has 3 aromatic rings. The van der Waals surface area contributed by atoms with Crippen LogP contribution in [0.4, 0.5) is 5.69 Å². The van der Waals surface area contributed by atoms with Crippen molar-refractivity contribution in [2.45, 2.75) is 103 Å². The van der Waals surface area contributed by atoms with Crippen LogP contribution >= 0.6 is 11.3 Å². The molecule has 10 heteroatoms. The Balaban J connectivity index is 1.86. The largest absolute Gasteiger partial charge is 0.496 e. The van der Waals surface area contributed by atoms with Gasteiger partial charge in [-0.1, -0.05) is 33.6 Å². The van der Waals surface area contributed by atoms with Crippen molar-refractivity contribution >= 4 is 41.5 Å². The van der Waals surface area contributed by atoms with E-state index in [1.807, 2.05) is 38.9 Å². The van der Waals surface area contributed by atoms with Gasteiger partial charge in [-0.05, 0) is 74.7 Å². The topological polar surface area (TPSA) is 79.4 Å². The van der Waals surface area contributed by atoms with E-state index < -0.39 is 8.32 Å². The van der Waals surface area contributed by atoms with E-state index in [2.05, 4.69) is 52.1 Å². The van der Waals surface area contributed by atoms with Gasteiger partial charge in [0.15, 0.2) is 8.32 Å². The second kappa shape index (κ2) is 14.4. The van der Waals surface area contributed by atoms with Crippen molar-refractivity contribution in [1.29, 1.82) is 0 Å². The van der Waals surface area contributed by atoms with Crippen LogP contribution in [0.2, 0.25) is 18.1 Å². The molecule has 1 heterocycles. The average Bonchev–Trinajstić information content (AvgIpc) is 3.64. The molecule has 1 fully saturated rings. The number of benzene rings is 2. The molecule has 0 N–H and O–H groups in total. The van der Waals surface area contributed by atoms with Crippen molar-refractivity contribution in [1.82, 2.24) is 4.98 Å². The van der Waals surface area contributed by atoms with Crippen molar-refractivity contribution in [3.05, 3.63) is 46.0 Å². The number of carbonyl (C=O) groups is 1. The van der Waals surface area contributed by atoms with E-state index in [-0.39, 0.29) is 29.3 Å². The number of nitrogens with zero attached hydrogens (tertiary/aromatic N) is 2. The third kappa shape index (κ3) is 8.01. The zero-order valence-corrected chi connectivity index (χ0v) is 30.9. The lowest BCUT2D eigenvalue weighted by Crippen LogP contribution is -2.45. The van der Waals surface area contributed by atoms with E-state index in [9.17, 15) is 4.79 Å². The highest BCUT2D eigenvalue weighted by Crippen LogP contribution is 2.44. The van der Waals surface area contributed by atoms with Crippen LogP contribution in [0.1, 0.15) is 86.0 Å². The molecule has 0 bridgehead atoms. The lowest BCUT2D eigenvalue weighted by Gasteiger charge is -2.42. The molecule has 1 saturated carbocycles. The fourth-order valence-corrected chi connectivity index (χ4v) is 7.91. The van der Waals surface area contributed by atoms with Crippen molar-refractivity contribution in [2.75, 3.05) is 39.8 Å². The zero-order valence-electron chi connectivity index (χ0n) is 29.0. The summed E-state index contributed by atoms with van der Waals surface area (Å²) in [4.78, 5) is 20.1. The molecule has 0 saturated heterocycles. The van der Waals surface area contributed by atoms with Crippen LogP contribution in [-0.4, -0.2) is 66.4 Å². The Morgan fingerprint density at radius 1 is 1.07 bits per heavy atom. The van der Waals surface area contributed by atoms with Crippen LogP contribution in [0.3, 0.4) is 0 Å². The molecule has 0 unspecified atom stereocenters. The molecule has 1 aromatic heterocycles. The van der Waals surface area contributed by atoms with Crippen LogP contribution in [0.25, 0.3) is 10.2 Å². The predicted octanol–water partition coefficient (Wildman–Crippen LogP) is 8.50. The summed E-state index contributed by atoms with van der Waals surface area (Å²) in [6.45, 7) is 15.5. The van der Waals surface area contributed by atoms with Gasteiger partial charge in [-0.15, -0.1) is 11.3 Å². The Bertz CT molecular complexity index is 1450. The highest BCUT2D eigenvalue weighted by molar-refractivity contribution is 7.18. The highest BCUT2D eigenvalue weighted by atomic mass is 32.1. The quantitative estimate of drug-likeness (QED) is 0.134. The summed E-state index contributed by atoms with van der Waals surface area (Å²) in [5.41, 5.74) is 3.98. The van der Waals surface area contributed by atoms with E-state index in [1.54, 1.807) is 25.6 Å². The van der Waals surface area contributed by atoms with Crippen molar-refractivity contribution in [2.24, 2.45) is 0 Å². The summed E-state index contributed by atoms with van der Waals surface area (Å²) < 4.78 is 32.3. The molecule has 0 spiro atoms. The minimum atomic E-state index is -2.29. The molecule has 45 heavy (non-hydrogen) atoms. The standard InChI is InChI=1S/C35H52N2O6SSi/c1-12-41-34(38)26-19-24(37(6)7)20-30-32(26)36-31(44-30)21-29(42-25-15-13-14-16-25)33(43-45(10,11)35(3,4)5)23-17-27(39-8)22(2)28(18-23)40-9/h17-20,25,29,33H,12-16,21H2,1-11H3/t29-,33+/m0/s1. The number of hydrogen-bond donors (Lipinski definition) is 0. The molecule has 1 aliphatic rings. The molecule has 248 valence electrons. The number of anilines is 1. The number of methoxy groups -OCH3 is 2. The summed E-state index contributed by atoms with van der Waals surface area (Å²) in [5, 5.41) is 0.874. The van der Waals surface area contributed by atoms with Gasteiger partial charge in [-0.3, -0.25) is 0 Å². The number of esters is 1. The third-order valence-electron chi connectivity index (χ3n) is 9.25. The number of thiazole rings is 1. The highest BCUT2D eigenvalue weighted by Gasteiger charge is 2.43. The van der Waals surface area contributed by atoms with Crippen molar-refractivity contribution in [3.8, 4) is 11.5 Å². The van der Waals surface area contributed by atoms with Gasteiger partial charge < -0.3 is 28.3 Å². The second-order valence-electron chi connectivity index (χ2n) is 13.7. The van der Waals surface area contributed by atoms with Gasteiger partial charge in [0.25, 0.3) is 0 Å². The van der Waals surface area contributed by atoms with E-state index in [1.165, 1.54) is 0 Å². The van der Waals surface area contributed by atoms with Crippen LogP contribution in [-0.2, 0) is 20.3 Å². The van der Waals surface area contributed by atoms with E-state index in [0.717, 1.165) is 63.7 Å². The minimum absolute atomic E-state index is 0.0188. The summed E-state index contributed by atoms with van der Waals surface area (Å²) in [7, 11) is 5.02. The number of fused-ring (bicyclic) bond motifs is 1. The summed E-state index contributed by atoms with van der Waals surface area (Å²) in [6.07, 6.45) is 4.37. The maximum Gasteiger partial charge on any atom is 0.340 e. The fourth-order valence-electron chi connectivity index (χ4n) is 5.56. The van der Waals surface area contributed by atoms with Gasteiger partial charge in [0.2, 0.25) is 0 Å². The van der Waals surface area contributed by atoms with Crippen LogP contribution in [0, 0.1) is 6.92 Å². The van der Waals surface area contributed by atoms with E-state index >= 15 is 0 Å². The summed E-state index contributed by atoms with van der Waals surface area (Å²) in [5.74, 6) is 1.14. The monoisotopic (exact) mass is 656 g/mol. The van der Waals surface area contributed by atoms with Crippen molar-refractivity contribution < 1.29 is 28.2 Å². The fraction of sp³-hybridized carbons (Fsp3) is 0.600. The van der Waals surface area contributed by atoms with Gasteiger partial charge >= 0.3 is 5.97 Å². The lowest BCUT2D eigenvalue weighted by atomic mass is 9.99. The van der Waals surface area contributed by atoms with Gasteiger partial charge in [-0.25, -0.2) is 9.78 Å². The average molecular weight is 657 g/mol. The first-order valence-electron chi connectivity index (χ1n) is 16.0. The Hall–Kier alpha value is -2.66. The molecule has 1 aliphatic carbocycles. The third-order valence-corrected chi connectivity index (χ3v) is 14.7. The second-order valence-corrected chi connectivity index (χ2v) is 19.6. The molecule has 8 nitrogen and oxygen atoms in total. The van der Waals surface area contributed by atoms with Crippen LogP contribution in [0.5, 0.6) is 11.5 Å². The number of aromatic nitrogens is 1. The first kappa shape index (κ1) is 35.2. The molecule has 0 amide bonds. The molecule has 0 aliphatic heterocycles. The number of ether oxygens (including phenoxy) is 4. The Morgan fingerprint density at radius 2 is 1.69 bits per heavy atom. The Morgan fingerprint density at radius 3 is 2.22 bits per heavy atom. The summed E-state index contributed by atoms with van der Waals surface area (Å²) in [6, 6.07) is 8.10. The maximum absolute atomic E-state index is 13.0. The number of rotatable bonds is 13. The normalized spacial score (nSPS) is 15.7. The molecule has 4 rings (SSSR count). The zero-order chi connectivity index (χ0) is 33.1. The van der Waals surface area contributed by atoms with Crippen LogP contribution < -0.4 is 14.4 Å². The van der Waals surface area contributed by atoms with Gasteiger partial charge in [0, 0.05) is 31.8 Å². The van der Waals surface area contributed by atoms with Gasteiger partial charge in [0.05, 0.1) is 59.9 Å². The van der Waals surface area contributed by atoms with E-state index in [4.69, 9.17) is 28.4 Å². The molecular weight excluding hydrogens is 605 g/mol.